The molecule has 0 saturated carbocycles. The Morgan fingerprint density at radius 2 is 1.73 bits per heavy atom. The van der Waals surface area contributed by atoms with Gasteiger partial charge in [-0.25, -0.2) is 0 Å². The van der Waals surface area contributed by atoms with E-state index in [2.05, 4.69) is 36.9 Å². The van der Waals surface area contributed by atoms with Crippen molar-refractivity contribution in [1.82, 2.24) is 0 Å². The lowest BCUT2D eigenvalue weighted by molar-refractivity contribution is 0.202. The Labute approximate surface area is 93.9 Å². The van der Waals surface area contributed by atoms with Crippen LogP contribution < -0.4 is 4.90 Å². The van der Waals surface area contributed by atoms with Crippen LogP contribution in [0.2, 0.25) is 0 Å². The zero-order valence-electron chi connectivity index (χ0n) is 10.8. The first-order valence-corrected chi connectivity index (χ1v) is 5.42. The highest BCUT2D eigenvalue weighted by Crippen LogP contribution is 2.17. The Morgan fingerprint density at radius 3 is 2.20 bits per heavy atom. The van der Waals surface area contributed by atoms with Crippen molar-refractivity contribution in [3.8, 4) is 0 Å². The van der Waals surface area contributed by atoms with Gasteiger partial charge in [0.25, 0.3) is 0 Å². The number of ether oxygens (including phenoxy) is 1. The second kappa shape index (κ2) is 7.30. The lowest BCUT2D eigenvalue weighted by Crippen LogP contribution is -2.19. The number of aryl methyl sites for hydroxylation is 2. The van der Waals surface area contributed by atoms with Gasteiger partial charge in [-0.1, -0.05) is 19.9 Å². The van der Waals surface area contributed by atoms with Crippen molar-refractivity contribution in [2.24, 2.45) is 0 Å². The van der Waals surface area contributed by atoms with Crippen LogP contribution in [0.3, 0.4) is 0 Å². The van der Waals surface area contributed by atoms with Crippen molar-refractivity contribution >= 4 is 5.69 Å². The molecule has 0 aliphatic rings. The molecule has 0 fully saturated rings. The van der Waals surface area contributed by atoms with Crippen LogP contribution in [-0.2, 0) is 4.74 Å². The molecule has 86 valence electrons. The van der Waals surface area contributed by atoms with Gasteiger partial charge < -0.3 is 9.64 Å². The summed E-state index contributed by atoms with van der Waals surface area (Å²) in [6, 6.07) is 6.42. The lowest BCUT2D eigenvalue weighted by atomic mass is 10.1. The minimum absolute atomic E-state index is 0.627. The molecule has 0 N–H and O–H groups in total. The fourth-order valence-corrected chi connectivity index (χ4v) is 1.23. The van der Waals surface area contributed by atoms with Crippen molar-refractivity contribution in [3.05, 3.63) is 29.3 Å². The molecule has 0 spiro atoms. The molecule has 2 nitrogen and oxygen atoms in total. The summed E-state index contributed by atoms with van der Waals surface area (Å²) in [5.41, 5.74) is 3.85. The zero-order valence-corrected chi connectivity index (χ0v) is 10.8. The molecule has 0 bridgehead atoms. The van der Waals surface area contributed by atoms with Crippen molar-refractivity contribution < 1.29 is 4.74 Å². The number of anilines is 1. The van der Waals surface area contributed by atoms with Gasteiger partial charge in [0.15, 0.2) is 0 Å². The predicted octanol–water partition coefficient (Wildman–Crippen LogP) is 3.37. The van der Waals surface area contributed by atoms with Crippen LogP contribution in [-0.4, -0.2) is 20.9 Å². The highest BCUT2D eigenvalue weighted by Gasteiger charge is 2.00. The van der Waals surface area contributed by atoms with E-state index in [9.17, 15) is 0 Å². The number of hydrogen-bond acceptors (Lipinski definition) is 2. The van der Waals surface area contributed by atoms with Gasteiger partial charge in [-0.3, -0.25) is 0 Å². The molecule has 0 radical (unpaired) electrons. The second-order valence-electron chi connectivity index (χ2n) is 3.38. The van der Waals surface area contributed by atoms with Gasteiger partial charge >= 0.3 is 0 Å². The van der Waals surface area contributed by atoms with Crippen molar-refractivity contribution in [1.29, 1.82) is 0 Å². The van der Waals surface area contributed by atoms with E-state index in [0.29, 0.717) is 6.73 Å². The molecule has 0 aliphatic heterocycles. The molecule has 0 aromatic heterocycles. The first kappa shape index (κ1) is 14.0. The van der Waals surface area contributed by atoms with Crippen LogP contribution in [0.5, 0.6) is 0 Å². The van der Waals surface area contributed by atoms with Crippen LogP contribution in [0.1, 0.15) is 25.0 Å². The largest absolute Gasteiger partial charge is 0.364 e. The predicted molar refractivity (Wildman–Crippen MR) is 67.5 cm³/mol. The van der Waals surface area contributed by atoms with Crippen LogP contribution in [0.25, 0.3) is 0 Å². The minimum atomic E-state index is 0.627. The van der Waals surface area contributed by atoms with Crippen LogP contribution in [0.4, 0.5) is 5.69 Å². The summed E-state index contributed by atoms with van der Waals surface area (Å²) in [7, 11) is 3.73. The Kier molecular flexibility index (Phi) is 6.80. The Morgan fingerprint density at radius 1 is 1.13 bits per heavy atom. The summed E-state index contributed by atoms with van der Waals surface area (Å²) >= 11 is 0. The van der Waals surface area contributed by atoms with Crippen molar-refractivity contribution in [2.75, 3.05) is 25.8 Å². The Hall–Kier alpha value is -1.02. The first-order chi connectivity index (χ1) is 7.15. The van der Waals surface area contributed by atoms with Crippen LogP contribution >= 0.6 is 0 Å². The first-order valence-electron chi connectivity index (χ1n) is 5.42. The van der Waals surface area contributed by atoms with E-state index in [0.717, 1.165) is 0 Å². The topological polar surface area (TPSA) is 12.5 Å². The van der Waals surface area contributed by atoms with Crippen LogP contribution in [0.15, 0.2) is 18.2 Å². The fraction of sp³-hybridized carbons (Fsp3) is 0.538. The molecule has 0 atom stereocenters. The third kappa shape index (κ3) is 4.34. The molecule has 0 amide bonds. The van der Waals surface area contributed by atoms with Gasteiger partial charge in [0.1, 0.15) is 6.73 Å². The number of nitrogens with zero attached hydrogens (tertiary/aromatic N) is 1. The number of hydrogen-bond donors (Lipinski definition) is 0. The zero-order chi connectivity index (χ0) is 11.8. The summed E-state index contributed by atoms with van der Waals surface area (Å²) in [5, 5.41) is 0. The monoisotopic (exact) mass is 209 g/mol. The quantitative estimate of drug-likeness (QED) is 0.708. The van der Waals surface area contributed by atoms with E-state index in [1.54, 1.807) is 7.11 Å². The summed E-state index contributed by atoms with van der Waals surface area (Å²) in [5.74, 6) is 0. The summed E-state index contributed by atoms with van der Waals surface area (Å²) < 4.78 is 5.05. The molecule has 0 unspecified atom stereocenters. The molecule has 1 rings (SSSR count). The van der Waals surface area contributed by atoms with E-state index in [1.165, 1.54) is 16.8 Å². The van der Waals surface area contributed by atoms with E-state index in [4.69, 9.17) is 4.74 Å². The maximum atomic E-state index is 5.05. The van der Waals surface area contributed by atoms with E-state index >= 15 is 0 Å². The van der Waals surface area contributed by atoms with Gasteiger partial charge in [0.2, 0.25) is 0 Å². The van der Waals surface area contributed by atoms with Gasteiger partial charge in [0, 0.05) is 19.8 Å². The van der Waals surface area contributed by atoms with E-state index < -0.39 is 0 Å². The Balaban J connectivity index is 0.000000921. The normalized spacial score (nSPS) is 9.20. The summed E-state index contributed by atoms with van der Waals surface area (Å²) in [4.78, 5) is 2.08. The third-order valence-corrected chi connectivity index (χ3v) is 2.25. The SMILES string of the molecule is CC.COCN(C)c1ccc(C)c(C)c1. The molecule has 0 saturated heterocycles. The summed E-state index contributed by atoms with van der Waals surface area (Å²) in [6.45, 7) is 8.87. The highest BCUT2D eigenvalue weighted by molar-refractivity contribution is 5.49. The molecule has 0 heterocycles. The number of methoxy groups -OCH3 is 1. The van der Waals surface area contributed by atoms with E-state index in [1.807, 2.05) is 20.9 Å². The van der Waals surface area contributed by atoms with Gasteiger partial charge in [-0.05, 0) is 37.1 Å². The standard InChI is InChI=1S/C11H17NO.C2H6/c1-9-5-6-11(7-10(9)2)12(3)8-13-4;1-2/h5-7H,8H2,1-4H3;1-2H3. The average Bonchev–Trinajstić information content (AvgIpc) is 2.25. The highest BCUT2D eigenvalue weighted by atomic mass is 16.5. The van der Waals surface area contributed by atoms with Gasteiger partial charge in [-0.2, -0.15) is 0 Å². The minimum Gasteiger partial charge on any atom is -0.364 e. The van der Waals surface area contributed by atoms with Crippen molar-refractivity contribution in [2.45, 2.75) is 27.7 Å². The average molecular weight is 209 g/mol. The number of benzene rings is 1. The smallest absolute Gasteiger partial charge is 0.118 e. The molecular formula is C13H23NO. The molecule has 1 aromatic carbocycles. The molecular weight excluding hydrogens is 186 g/mol. The van der Waals surface area contributed by atoms with Crippen molar-refractivity contribution in [3.63, 3.8) is 0 Å². The van der Waals surface area contributed by atoms with Gasteiger partial charge in [0.05, 0.1) is 0 Å². The molecule has 15 heavy (non-hydrogen) atoms. The second-order valence-corrected chi connectivity index (χ2v) is 3.38. The molecule has 2 heteroatoms. The Bertz CT molecular complexity index is 284. The van der Waals surface area contributed by atoms with E-state index in [-0.39, 0.29) is 0 Å². The van der Waals surface area contributed by atoms with Gasteiger partial charge in [-0.15, -0.1) is 0 Å². The lowest BCUT2D eigenvalue weighted by Gasteiger charge is -2.18. The molecule has 1 aromatic rings. The summed E-state index contributed by atoms with van der Waals surface area (Å²) in [6.07, 6.45) is 0. The van der Waals surface area contributed by atoms with Crippen LogP contribution in [0, 0.1) is 13.8 Å². The maximum absolute atomic E-state index is 5.05. The third-order valence-electron chi connectivity index (χ3n) is 2.25. The molecule has 0 aliphatic carbocycles. The number of rotatable bonds is 3. The maximum Gasteiger partial charge on any atom is 0.118 e. The fourth-order valence-electron chi connectivity index (χ4n) is 1.23.